The molecule has 0 saturated carbocycles. The van der Waals surface area contributed by atoms with Crippen LogP contribution in [-0.4, -0.2) is 42.5 Å². The summed E-state index contributed by atoms with van der Waals surface area (Å²) in [5.41, 5.74) is 3.31. The van der Waals surface area contributed by atoms with Crippen LogP contribution in [0.2, 0.25) is 5.02 Å². The van der Waals surface area contributed by atoms with Gasteiger partial charge in [0.25, 0.3) is 5.91 Å². The number of hydrogen-bond acceptors (Lipinski definition) is 5. The Morgan fingerprint density at radius 1 is 1.14 bits per heavy atom. The number of amides is 1. The van der Waals surface area contributed by atoms with Gasteiger partial charge in [-0.1, -0.05) is 24.1 Å². The molecule has 0 unspecified atom stereocenters. The summed E-state index contributed by atoms with van der Waals surface area (Å²) in [5.74, 6) is -0.568. The monoisotopic (exact) mass is 435 g/mol. The van der Waals surface area contributed by atoms with Gasteiger partial charge < -0.3 is 5.11 Å². The summed E-state index contributed by atoms with van der Waals surface area (Å²) in [6.07, 6.45) is 2.70. The summed E-state index contributed by atoms with van der Waals surface area (Å²) in [5, 5.41) is 14.3. The van der Waals surface area contributed by atoms with E-state index in [9.17, 15) is 18.3 Å². The lowest BCUT2D eigenvalue weighted by molar-refractivity contribution is 0.0954. The maximum atomic E-state index is 12.8. The predicted octanol–water partition coefficient (Wildman–Crippen LogP) is 3.37. The molecule has 2 aromatic rings. The number of halogens is 1. The molecule has 1 amide bonds. The third-order valence-corrected chi connectivity index (χ3v) is 6.85. The number of aromatic hydroxyl groups is 1. The minimum atomic E-state index is -3.63. The van der Waals surface area contributed by atoms with Gasteiger partial charge in [0.15, 0.2) is 0 Å². The van der Waals surface area contributed by atoms with Crippen LogP contribution in [0.3, 0.4) is 0 Å². The van der Waals surface area contributed by atoms with Gasteiger partial charge in [0, 0.05) is 29.2 Å². The molecule has 3 rings (SSSR count). The summed E-state index contributed by atoms with van der Waals surface area (Å²) < 4.78 is 27.1. The molecular formula is C20H22ClN3O4S. The van der Waals surface area contributed by atoms with Crippen LogP contribution in [0.1, 0.15) is 42.1 Å². The van der Waals surface area contributed by atoms with Gasteiger partial charge in [-0.15, -0.1) is 0 Å². The van der Waals surface area contributed by atoms with Crippen molar-refractivity contribution in [2.45, 2.75) is 31.1 Å². The van der Waals surface area contributed by atoms with Gasteiger partial charge in [0.1, 0.15) is 5.75 Å². The van der Waals surface area contributed by atoms with E-state index in [0.29, 0.717) is 29.4 Å². The molecule has 29 heavy (non-hydrogen) atoms. The average Bonchev–Trinajstić information content (AvgIpc) is 2.74. The Hall–Kier alpha value is -2.42. The predicted molar refractivity (Wildman–Crippen MR) is 112 cm³/mol. The van der Waals surface area contributed by atoms with E-state index in [1.807, 2.05) is 0 Å². The number of hydrazone groups is 1. The Bertz CT molecular complexity index is 1050. The Morgan fingerprint density at radius 2 is 1.86 bits per heavy atom. The number of sulfonamides is 1. The fourth-order valence-electron chi connectivity index (χ4n) is 3.11. The molecule has 1 saturated heterocycles. The van der Waals surface area contributed by atoms with Crippen LogP contribution in [-0.2, 0) is 10.0 Å². The van der Waals surface area contributed by atoms with Crippen molar-refractivity contribution in [2.75, 3.05) is 13.1 Å². The Balaban J connectivity index is 1.78. The summed E-state index contributed by atoms with van der Waals surface area (Å²) in [4.78, 5) is 12.6. The largest absolute Gasteiger partial charge is 0.507 e. The molecule has 1 aliphatic rings. The summed E-state index contributed by atoms with van der Waals surface area (Å²) in [7, 11) is -3.63. The second-order valence-electron chi connectivity index (χ2n) is 6.79. The zero-order valence-corrected chi connectivity index (χ0v) is 17.5. The maximum Gasteiger partial charge on any atom is 0.271 e. The van der Waals surface area contributed by atoms with Crippen LogP contribution in [0.5, 0.6) is 5.75 Å². The number of phenolic OH excluding ortho intramolecular Hbond substituents is 1. The van der Waals surface area contributed by atoms with Gasteiger partial charge in [-0.05, 0) is 56.2 Å². The SMILES string of the molecule is CC(=NNC(=O)c1cccc(S(=O)(=O)N2CCCCC2)c1)c1cc(Cl)ccc1O. The van der Waals surface area contributed by atoms with Crippen LogP contribution in [0.15, 0.2) is 52.5 Å². The number of nitrogens with zero attached hydrogens (tertiary/aromatic N) is 2. The normalized spacial score (nSPS) is 15.9. The highest BCUT2D eigenvalue weighted by atomic mass is 35.5. The van der Waals surface area contributed by atoms with Gasteiger partial charge >= 0.3 is 0 Å². The number of carbonyl (C=O) groups excluding carboxylic acids is 1. The third-order valence-electron chi connectivity index (χ3n) is 4.72. The van der Waals surface area contributed by atoms with Crippen molar-refractivity contribution in [1.29, 1.82) is 0 Å². The molecule has 0 atom stereocenters. The molecule has 0 aliphatic carbocycles. The van der Waals surface area contributed by atoms with E-state index in [-0.39, 0.29) is 16.2 Å². The smallest absolute Gasteiger partial charge is 0.271 e. The quantitative estimate of drug-likeness (QED) is 0.555. The van der Waals surface area contributed by atoms with E-state index in [0.717, 1.165) is 19.3 Å². The second kappa shape index (κ2) is 8.94. The van der Waals surface area contributed by atoms with E-state index >= 15 is 0 Å². The van der Waals surface area contributed by atoms with Crippen LogP contribution < -0.4 is 5.43 Å². The molecule has 1 heterocycles. The number of piperidine rings is 1. The van der Waals surface area contributed by atoms with Crippen LogP contribution >= 0.6 is 11.6 Å². The molecule has 7 nitrogen and oxygen atoms in total. The van der Waals surface area contributed by atoms with Gasteiger partial charge in [-0.25, -0.2) is 13.8 Å². The number of rotatable bonds is 5. The number of nitrogens with one attached hydrogen (secondary N) is 1. The van der Waals surface area contributed by atoms with Gasteiger partial charge in [-0.3, -0.25) is 4.79 Å². The first-order valence-corrected chi connectivity index (χ1v) is 11.0. The molecule has 2 aromatic carbocycles. The standard InChI is InChI=1S/C20H22ClN3O4S/c1-14(18-13-16(21)8-9-19(18)25)22-23-20(26)15-6-5-7-17(12-15)29(27,28)24-10-3-2-4-11-24/h5-9,12-13,25H,2-4,10-11H2,1H3,(H,23,26). The average molecular weight is 436 g/mol. The number of benzene rings is 2. The van der Waals surface area contributed by atoms with Gasteiger partial charge in [0.2, 0.25) is 10.0 Å². The van der Waals surface area contributed by atoms with Crippen molar-refractivity contribution < 1.29 is 18.3 Å². The second-order valence-corrected chi connectivity index (χ2v) is 9.17. The lowest BCUT2D eigenvalue weighted by Gasteiger charge is -2.25. The van der Waals surface area contributed by atoms with E-state index < -0.39 is 15.9 Å². The first kappa shape index (κ1) is 21.3. The number of carbonyl (C=O) groups is 1. The number of hydrogen-bond donors (Lipinski definition) is 2. The molecule has 0 bridgehead atoms. The summed E-state index contributed by atoms with van der Waals surface area (Å²) in [6.45, 7) is 2.60. The van der Waals surface area contributed by atoms with Crippen LogP contribution in [0, 0.1) is 0 Å². The molecule has 2 N–H and O–H groups in total. The van der Waals surface area contributed by atoms with Crippen molar-refractivity contribution in [3.8, 4) is 5.75 Å². The minimum Gasteiger partial charge on any atom is -0.507 e. The van der Waals surface area contributed by atoms with Crippen LogP contribution in [0.25, 0.3) is 0 Å². The Kier molecular flexibility index (Phi) is 6.56. The minimum absolute atomic E-state index is 0.0143. The third kappa shape index (κ3) is 4.95. The van der Waals surface area contributed by atoms with E-state index in [1.54, 1.807) is 13.0 Å². The molecule has 0 spiro atoms. The van der Waals surface area contributed by atoms with Crippen molar-refractivity contribution >= 4 is 33.2 Å². The van der Waals surface area contributed by atoms with Crippen molar-refractivity contribution in [2.24, 2.45) is 5.10 Å². The topological polar surface area (TPSA) is 99.1 Å². The molecule has 0 radical (unpaired) electrons. The first-order chi connectivity index (χ1) is 13.8. The van der Waals surface area contributed by atoms with Crippen molar-refractivity contribution in [3.63, 3.8) is 0 Å². The van der Waals surface area contributed by atoms with Crippen LogP contribution in [0.4, 0.5) is 0 Å². The molecule has 1 aliphatic heterocycles. The van der Waals surface area contributed by atoms with E-state index in [4.69, 9.17) is 11.6 Å². The highest BCUT2D eigenvalue weighted by Crippen LogP contribution is 2.23. The highest BCUT2D eigenvalue weighted by Gasteiger charge is 2.26. The zero-order valence-electron chi connectivity index (χ0n) is 15.9. The van der Waals surface area contributed by atoms with Crippen molar-refractivity contribution in [3.05, 3.63) is 58.6 Å². The molecule has 1 fully saturated rings. The maximum absolute atomic E-state index is 12.8. The fourth-order valence-corrected chi connectivity index (χ4v) is 4.85. The van der Waals surface area contributed by atoms with E-state index in [1.165, 1.54) is 40.7 Å². The lowest BCUT2D eigenvalue weighted by atomic mass is 10.1. The van der Waals surface area contributed by atoms with Crippen molar-refractivity contribution in [1.82, 2.24) is 9.73 Å². The van der Waals surface area contributed by atoms with Gasteiger partial charge in [-0.2, -0.15) is 9.41 Å². The number of phenols is 1. The molecule has 154 valence electrons. The fraction of sp³-hybridized carbons (Fsp3) is 0.300. The first-order valence-electron chi connectivity index (χ1n) is 9.23. The summed E-state index contributed by atoms with van der Waals surface area (Å²) >= 11 is 5.93. The molecular weight excluding hydrogens is 414 g/mol. The zero-order chi connectivity index (χ0) is 21.0. The molecule has 9 heteroatoms. The Morgan fingerprint density at radius 3 is 2.59 bits per heavy atom. The Labute approximate surface area is 175 Å². The molecule has 0 aromatic heterocycles. The lowest BCUT2D eigenvalue weighted by Crippen LogP contribution is -2.35. The van der Waals surface area contributed by atoms with E-state index in [2.05, 4.69) is 10.5 Å². The summed E-state index contributed by atoms with van der Waals surface area (Å²) in [6, 6.07) is 10.4. The van der Waals surface area contributed by atoms with Gasteiger partial charge in [0.05, 0.1) is 10.6 Å². The highest BCUT2D eigenvalue weighted by molar-refractivity contribution is 7.89.